The number of rotatable bonds is 2. The van der Waals surface area contributed by atoms with Gasteiger partial charge in [0, 0.05) is 27.8 Å². The number of aromatic nitrogens is 1. The van der Waals surface area contributed by atoms with Crippen molar-refractivity contribution >= 4 is 30.2 Å². The van der Waals surface area contributed by atoms with E-state index in [2.05, 4.69) is 30.2 Å². The largest absolute Gasteiger partial charge is 0.385 e. The molecule has 0 unspecified atom stereocenters. The summed E-state index contributed by atoms with van der Waals surface area (Å²) in [7, 11) is 0. The van der Waals surface area contributed by atoms with Crippen molar-refractivity contribution < 1.29 is 5.11 Å². The molecule has 4 heteroatoms. The maximum Gasteiger partial charge on any atom is 0.0907 e. The Morgan fingerprint density at radius 3 is 2.50 bits per heavy atom. The van der Waals surface area contributed by atoms with Crippen LogP contribution in [0.4, 0.5) is 0 Å². The number of hydrogen-bond acceptors (Lipinski definition) is 4. The number of nitrogens with zero attached hydrogens (tertiary/aromatic N) is 1. The molecule has 1 rings (SSSR count). The third kappa shape index (κ3) is 2.77. The lowest BCUT2D eigenvalue weighted by Crippen LogP contribution is -2.19. The van der Waals surface area contributed by atoms with Crippen LogP contribution < -0.4 is 0 Å². The van der Waals surface area contributed by atoms with Gasteiger partial charge in [-0.3, -0.25) is 4.98 Å². The van der Waals surface area contributed by atoms with Gasteiger partial charge in [0.25, 0.3) is 0 Å². The van der Waals surface area contributed by atoms with Crippen molar-refractivity contribution in [2.45, 2.75) is 19.4 Å². The molecule has 14 heavy (non-hydrogen) atoms. The van der Waals surface area contributed by atoms with Crippen LogP contribution in [0.5, 0.6) is 0 Å². The Bertz CT molecular complexity index is 341. The number of thiol groups is 2. The van der Waals surface area contributed by atoms with Crippen LogP contribution >= 0.6 is 25.3 Å². The SMILES string of the molecule is CC(C)(O)/C(S)=C(\S)c1cccnc1. The van der Waals surface area contributed by atoms with Crippen molar-refractivity contribution in [2.75, 3.05) is 0 Å². The molecule has 0 atom stereocenters. The third-order valence-electron chi connectivity index (χ3n) is 1.74. The Labute approximate surface area is 94.9 Å². The van der Waals surface area contributed by atoms with E-state index in [9.17, 15) is 5.11 Å². The molecule has 0 bridgehead atoms. The van der Waals surface area contributed by atoms with E-state index in [1.165, 1.54) is 0 Å². The summed E-state index contributed by atoms with van der Waals surface area (Å²) in [6.07, 6.45) is 3.37. The summed E-state index contributed by atoms with van der Waals surface area (Å²) in [5, 5.41) is 9.71. The smallest absolute Gasteiger partial charge is 0.0907 e. The lowest BCUT2D eigenvalue weighted by Gasteiger charge is -2.19. The van der Waals surface area contributed by atoms with Gasteiger partial charge in [-0.2, -0.15) is 0 Å². The highest BCUT2D eigenvalue weighted by Crippen LogP contribution is 2.31. The summed E-state index contributed by atoms with van der Waals surface area (Å²) < 4.78 is 0. The van der Waals surface area contributed by atoms with Gasteiger partial charge in [-0.1, -0.05) is 6.07 Å². The Balaban J connectivity index is 3.12. The van der Waals surface area contributed by atoms with Crippen molar-refractivity contribution in [3.05, 3.63) is 35.0 Å². The second kappa shape index (κ2) is 4.38. The van der Waals surface area contributed by atoms with E-state index in [4.69, 9.17) is 0 Å². The Hall–Kier alpha value is -0.450. The van der Waals surface area contributed by atoms with E-state index < -0.39 is 5.60 Å². The van der Waals surface area contributed by atoms with Crippen LogP contribution in [0.2, 0.25) is 0 Å². The molecule has 2 nitrogen and oxygen atoms in total. The molecule has 1 aromatic heterocycles. The van der Waals surface area contributed by atoms with E-state index in [0.717, 1.165) is 5.56 Å². The zero-order valence-electron chi connectivity index (χ0n) is 8.10. The van der Waals surface area contributed by atoms with Gasteiger partial charge in [-0.15, -0.1) is 25.3 Å². The summed E-state index contributed by atoms with van der Waals surface area (Å²) in [5.41, 5.74) is -0.126. The van der Waals surface area contributed by atoms with E-state index in [-0.39, 0.29) is 0 Å². The first-order valence-corrected chi connectivity index (χ1v) is 5.08. The van der Waals surface area contributed by atoms with Crippen LogP contribution in [-0.2, 0) is 0 Å². The molecule has 0 saturated carbocycles. The zero-order valence-corrected chi connectivity index (χ0v) is 9.89. The summed E-state index contributed by atoms with van der Waals surface area (Å²) in [6, 6.07) is 3.69. The lowest BCUT2D eigenvalue weighted by molar-refractivity contribution is 0.130. The molecule has 0 aliphatic heterocycles. The molecular weight excluding hydrogens is 214 g/mol. The third-order valence-corrected chi connectivity index (χ3v) is 3.17. The fourth-order valence-corrected chi connectivity index (χ4v) is 1.46. The second-order valence-corrected chi connectivity index (χ2v) is 4.39. The van der Waals surface area contributed by atoms with E-state index >= 15 is 0 Å². The molecule has 0 aliphatic carbocycles. The fraction of sp³-hybridized carbons (Fsp3) is 0.300. The Morgan fingerprint density at radius 2 is 2.07 bits per heavy atom. The molecule has 0 radical (unpaired) electrons. The van der Waals surface area contributed by atoms with Crippen LogP contribution in [0.15, 0.2) is 29.4 Å². The number of aliphatic hydroxyl groups is 1. The number of pyridine rings is 1. The van der Waals surface area contributed by atoms with Crippen LogP contribution in [0.1, 0.15) is 19.4 Å². The predicted octanol–water partition coefficient (Wildman–Crippen LogP) is 2.38. The van der Waals surface area contributed by atoms with Crippen molar-refractivity contribution in [1.82, 2.24) is 4.98 Å². The topological polar surface area (TPSA) is 33.1 Å². The summed E-state index contributed by atoms with van der Waals surface area (Å²) in [6.45, 7) is 3.34. The van der Waals surface area contributed by atoms with Gasteiger partial charge in [0.15, 0.2) is 0 Å². The summed E-state index contributed by atoms with van der Waals surface area (Å²) in [4.78, 5) is 5.15. The molecule has 76 valence electrons. The first kappa shape index (κ1) is 11.6. The highest BCUT2D eigenvalue weighted by molar-refractivity contribution is 7.93. The van der Waals surface area contributed by atoms with Gasteiger partial charge in [0.1, 0.15) is 0 Å². The average molecular weight is 227 g/mol. The average Bonchev–Trinajstić information content (AvgIpc) is 2.15. The minimum atomic E-state index is -0.976. The minimum absolute atomic E-state index is 0.536. The monoisotopic (exact) mass is 227 g/mol. The fourth-order valence-electron chi connectivity index (χ4n) is 0.929. The zero-order chi connectivity index (χ0) is 10.8. The summed E-state index contributed by atoms with van der Waals surface area (Å²) in [5.74, 6) is 0. The molecule has 0 saturated heterocycles. The van der Waals surface area contributed by atoms with Crippen molar-refractivity contribution in [1.29, 1.82) is 0 Å². The Kier molecular flexibility index (Phi) is 3.64. The second-order valence-electron chi connectivity index (χ2n) is 3.50. The van der Waals surface area contributed by atoms with Crippen LogP contribution in [0, 0.1) is 0 Å². The van der Waals surface area contributed by atoms with E-state index in [1.807, 2.05) is 12.1 Å². The van der Waals surface area contributed by atoms with Crippen LogP contribution in [-0.4, -0.2) is 15.7 Å². The summed E-state index contributed by atoms with van der Waals surface area (Å²) >= 11 is 8.55. The highest BCUT2D eigenvalue weighted by Gasteiger charge is 2.19. The molecule has 1 heterocycles. The van der Waals surface area contributed by atoms with Gasteiger partial charge >= 0.3 is 0 Å². The molecular formula is C10H13NOS2. The molecule has 0 aliphatic rings. The normalized spacial score (nSPS) is 13.8. The quantitative estimate of drug-likeness (QED) is 0.678. The lowest BCUT2D eigenvalue weighted by atomic mass is 10.1. The Morgan fingerprint density at radius 1 is 1.43 bits per heavy atom. The van der Waals surface area contributed by atoms with Crippen molar-refractivity contribution in [3.8, 4) is 0 Å². The number of hydrogen-bond donors (Lipinski definition) is 3. The predicted molar refractivity (Wildman–Crippen MR) is 65.4 cm³/mol. The maximum atomic E-state index is 9.71. The van der Waals surface area contributed by atoms with Crippen LogP contribution in [0.3, 0.4) is 0 Å². The highest BCUT2D eigenvalue weighted by atomic mass is 32.1. The van der Waals surface area contributed by atoms with Gasteiger partial charge in [-0.25, -0.2) is 0 Å². The van der Waals surface area contributed by atoms with E-state index in [1.54, 1.807) is 26.2 Å². The molecule has 0 aromatic carbocycles. The van der Waals surface area contributed by atoms with E-state index in [0.29, 0.717) is 9.81 Å². The molecule has 1 N–H and O–H groups in total. The molecule has 0 amide bonds. The van der Waals surface area contributed by atoms with Gasteiger partial charge in [-0.05, 0) is 19.9 Å². The maximum absolute atomic E-state index is 9.71. The van der Waals surface area contributed by atoms with Crippen LogP contribution in [0.25, 0.3) is 4.91 Å². The van der Waals surface area contributed by atoms with Crippen molar-refractivity contribution in [3.63, 3.8) is 0 Å². The molecule has 0 spiro atoms. The molecule has 1 aromatic rings. The standard InChI is InChI=1S/C10H13NOS2/c1-10(2,12)9(14)8(13)7-4-3-5-11-6-7/h3-6,12-14H,1-2H3/b9-8+. The van der Waals surface area contributed by atoms with Crippen molar-refractivity contribution in [2.24, 2.45) is 0 Å². The molecule has 0 fully saturated rings. The first-order valence-electron chi connectivity index (χ1n) is 4.18. The van der Waals surface area contributed by atoms with Gasteiger partial charge < -0.3 is 5.11 Å². The minimum Gasteiger partial charge on any atom is -0.385 e. The van der Waals surface area contributed by atoms with Gasteiger partial charge in [0.05, 0.1) is 5.60 Å². The first-order chi connectivity index (χ1) is 6.43. The van der Waals surface area contributed by atoms with Gasteiger partial charge in [0.2, 0.25) is 0 Å².